The highest BCUT2D eigenvalue weighted by Gasteiger charge is 2.43. The monoisotopic (exact) mass is 327 g/mol. The van der Waals surface area contributed by atoms with Crippen LogP contribution in [0.4, 0.5) is 0 Å². The zero-order chi connectivity index (χ0) is 16.7. The number of rotatable bonds is 4. The summed E-state index contributed by atoms with van der Waals surface area (Å²) in [5.41, 5.74) is 1.29. The van der Waals surface area contributed by atoms with Crippen LogP contribution < -0.4 is 0 Å². The Morgan fingerprint density at radius 1 is 1.17 bits per heavy atom. The molecule has 1 aromatic carbocycles. The van der Waals surface area contributed by atoms with Crippen LogP contribution in [0.25, 0.3) is 0 Å². The summed E-state index contributed by atoms with van der Waals surface area (Å²) in [4.78, 5) is 31.0. The molecule has 3 aliphatic rings. The van der Waals surface area contributed by atoms with Crippen LogP contribution in [0.2, 0.25) is 0 Å². The van der Waals surface area contributed by atoms with Gasteiger partial charge in [-0.1, -0.05) is 37.3 Å². The maximum absolute atomic E-state index is 12.9. The number of carbonyl (C=O) groups is 2. The van der Waals surface area contributed by atoms with Crippen LogP contribution >= 0.6 is 0 Å². The van der Waals surface area contributed by atoms with Gasteiger partial charge in [-0.05, 0) is 24.3 Å². The molecule has 4 rings (SSSR count). The van der Waals surface area contributed by atoms with E-state index in [9.17, 15) is 9.59 Å². The summed E-state index contributed by atoms with van der Waals surface area (Å²) in [7, 11) is 0. The molecule has 2 amide bonds. The van der Waals surface area contributed by atoms with Crippen molar-refractivity contribution in [3.63, 3.8) is 0 Å². The van der Waals surface area contributed by atoms with Crippen molar-refractivity contribution in [3.05, 3.63) is 35.9 Å². The molecule has 0 spiro atoms. The van der Waals surface area contributed by atoms with Crippen molar-refractivity contribution in [2.24, 2.45) is 11.8 Å². The van der Waals surface area contributed by atoms with Gasteiger partial charge in [0.1, 0.15) is 6.54 Å². The first kappa shape index (κ1) is 15.6. The van der Waals surface area contributed by atoms with Gasteiger partial charge in [0.2, 0.25) is 11.8 Å². The molecule has 0 aromatic heterocycles. The Bertz CT molecular complexity index is 629. The highest BCUT2D eigenvalue weighted by Crippen LogP contribution is 2.31. The van der Waals surface area contributed by atoms with Gasteiger partial charge in [0.15, 0.2) is 0 Å². The van der Waals surface area contributed by atoms with E-state index in [2.05, 4.69) is 36.1 Å². The topological polar surface area (TPSA) is 43.9 Å². The lowest BCUT2D eigenvalue weighted by Crippen LogP contribution is -2.38. The van der Waals surface area contributed by atoms with E-state index in [0.29, 0.717) is 18.6 Å². The Labute approximate surface area is 143 Å². The minimum atomic E-state index is 0.0145. The zero-order valence-electron chi connectivity index (χ0n) is 14.2. The first-order valence-corrected chi connectivity index (χ1v) is 8.96. The maximum Gasteiger partial charge on any atom is 0.243 e. The molecule has 128 valence electrons. The molecule has 5 heteroatoms. The maximum atomic E-state index is 12.9. The first-order chi connectivity index (χ1) is 11.6. The summed E-state index contributed by atoms with van der Waals surface area (Å²) >= 11 is 0. The second-order valence-corrected chi connectivity index (χ2v) is 7.54. The molecule has 2 heterocycles. The fraction of sp³-hybridized carbons (Fsp3) is 0.579. The van der Waals surface area contributed by atoms with Crippen LogP contribution in [-0.2, 0) is 16.1 Å². The van der Waals surface area contributed by atoms with Gasteiger partial charge in [0.25, 0.3) is 0 Å². The van der Waals surface area contributed by atoms with Gasteiger partial charge in [-0.2, -0.15) is 0 Å². The average molecular weight is 327 g/mol. The Balaban J connectivity index is 1.37. The Morgan fingerprint density at radius 3 is 2.62 bits per heavy atom. The van der Waals surface area contributed by atoms with Crippen LogP contribution in [0, 0.1) is 11.8 Å². The van der Waals surface area contributed by atoms with Crippen molar-refractivity contribution in [1.82, 2.24) is 14.7 Å². The molecule has 1 aromatic rings. The molecular formula is C19H25N3O2. The number of hydrogen-bond acceptors (Lipinski definition) is 3. The van der Waals surface area contributed by atoms with Gasteiger partial charge in [-0.25, -0.2) is 0 Å². The lowest BCUT2D eigenvalue weighted by atomic mass is 9.97. The van der Waals surface area contributed by atoms with Gasteiger partial charge >= 0.3 is 0 Å². The Morgan fingerprint density at radius 2 is 1.92 bits per heavy atom. The van der Waals surface area contributed by atoms with E-state index in [1.54, 1.807) is 4.90 Å². The molecule has 0 radical (unpaired) electrons. The molecule has 24 heavy (non-hydrogen) atoms. The fourth-order valence-corrected chi connectivity index (χ4v) is 4.01. The van der Waals surface area contributed by atoms with E-state index < -0.39 is 0 Å². The second-order valence-electron chi connectivity index (χ2n) is 7.54. The zero-order valence-corrected chi connectivity index (χ0v) is 14.2. The van der Waals surface area contributed by atoms with E-state index in [0.717, 1.165) is 32.5 Å². The quantitative estimate of drug-likeness (QED) is 0.843. The van der Waals surface area contributed by atoms with Crippen LogP contribution in [-0.4, -0.2) is 58.9 Å². The molecule has 2 aliphatic heterocycles. The number of hydrogen-bond donors (Lipinski definition) is 0. The van der Waals surface area contributed by atoms with Crippen molar-refractivity contribution >= 4 is 11.8 Å². The summed E-state index contributed by atoms with van der Waals surface area (Å²) in [6.45, 7) is 5.57. The van der Waals surface area contributed by atoms with Crippen LogP contribution in [0.5, 0.6) is 0 Å². The van der Waals surface area contributed by atoms with E-state index in [1.807, 2.05) is 11.0 Å². The molecule has 2 saturated heterocycles. The number of amides is 2. The van der Waals surface area contributed by atoms with E-state index in [1.165, 1.54) is 5.56 Å². The summed E-state index contributed by atoms with van der Waals surface area (Å²) in [5, 5.41) is 0. The van der Waals surface area contributed by atoms with Gasteiger partial charge < -0.3 is 9.80 Å². The summed E-state index contributed by atoms with van der Waals surface area (Å²) < 4.78 is 0. The van der Waals surface area contributed by atoms with Crippen LogP contribution in [0.3, 0.4) is 0 Å². The third-order valence-electron chi connectivity index (χ3n) is 5.52. The molecule has 0 unspecified atom stereocenters. The Hall–Kier alpha value is -1.88. The molecule has 5 nitrogen and oxygen atoms in total. The normalized spacial score (nSPS) is 28.0. The van der Waals surface area contributed by atoms with Gasteiger partial charge in [0, 0.05) is 25.7 Å². The first-order valence-electron chi connectivity index (χ1n) is 8.96. The highest BCUT2D eigenvalue weighted by molar-refractivity contribution is 5.89. The number of carbonyl (C=O) groups excluding carboxylic acids is 2. The number of benzene rings is 1. The van der Waals surface area contributed by atoms with Crippen LogP contribution in [0.1, 0.15) is 25.3 Å². The van der Waals surface area contributed by atoms with Crippen LogP contribution in [0.15, 0.2) is 30.3 Å². The number of likely N-dealkylation sites (tertiary alicyclic amines) is 1. The summed E-state index contributed by atoms with van der Waals surface area (Å²) in [5.74, 6) is 0.638. The molecular weight excluding hydrogens is 302 g/mol. The van der Waals surface area contributed by atoms with E-state index in [-0.39, 0.29) is 24.3 Å². The van der Waals surface area contributed by atoms with E-state index >= 15 is 0 Å². The van der Waals surface area contributed by atoms with Crippen molar-refractivity contribution in [1.29, 1.82) is 0 Å². The van der Waals surface area contributed by atoms with Crippen molar-refractivity contribution in [3.8, 4) is 0 Å². The van der Waals surface area contributed by atoms with Crippen molar-refractivity contribution in [2.75, 3.05) is 26.3 Å². The Kier molecular flexibility index (Phi) is 4.04. The minimum Gasteiger partial charge on any atom is -0.320 e. The van der Waals surface area contributed by atoms with E-state index in [4.69, 9.17) is 0 Å². The molecule has 3 fully saturated rings. The largest absolute Gasteiger partial charge is 0.320 e. The molecule has 2 atom stereocenters. The standard InChI is InChI=1S/C19H25N3O2/c1-14-9-20(10-15-5-3-2-4-6-15)11-17(14)19(24)21-12-18(23)22(13-21)16-7-8-16/h2-6,14,16-17H,7-13H2,1H3/t14-,17-/m1/s1. The number of nitrogens with zero attached hydrogens (tertiary/aromatic N) is 3. The molecule has 1 saturated carbocycles. The van der Waals surface area contributed by atoms with Gasteiger partial charge in [-0.15, -0.1) is 0 Å². The molecule has 0 N–H and O–H groups in total. The SMILES string of the molecule is C[C@@H]1CN(Cc2ccccc2)C[C@H]1C(=O)N1CC(=O)N(C2CC2)C1. The van der Waals surface area contributed by atoms with Crippen molar-refractivity contribution < 1.29 is 9.59 Å². The lowest BCUT2D eigenvalue weighted by molar-refractivity contribution is -0.136. The lowest BCUT2D eigenvalue weighted by Gasteiger charge is -2.22. The fourth-order valence-electron chi connectivity index (χ4n) is 4.01. The third kappa shape index (κ3) is 3.05. The van der Waals surface area contributed by atoms with Crippen molar-refractivity contribution in [2.45, 2.75) is 32.4 Å². The summed E-state index contributed by atoms with van der Waals surface area (Å²) in [6.07, 6.45) is 2.19. The molecule has 1 aliphatic carbocycles. The minimum absolute atomic E-state index is 0.0145. The predicted molar refractivity (Wildman–Crippen MR) is 90.8 cm³/mol. The average Bonchev–Trinajstić information content (AvgIpc) is 3.25. The van der Waals surface area contributed by atoms with Gasteiger partial charge in [0.05, 0.1) is 12.6 Å². The smallest absolute Gasteiger partial charge is 0.243 e. The highest BCUT2D eigenvalue weighted by atomic mass is 16.2. The second kappa shape index (κ2) is 6.20. The van der Waals surface area contributed by atoms with Gasteiger partial charge in [-0.3, -0.25) is 14.5 Å². The third-order valence-corrected chi connectivity index (χ3v) is 5.52. The molecule has 0 bridgehead atoms. The predicted octanol–water partition coefficient (Wildman–Crippen LogP) is 1.55. The summed E-state index contributed by atoms with van der Waals surface area (Å²) in [6, 6.07) is 10.8.